The van der Waals surface area contributed by atoms with Gasteiger partial charge in [-0.25, -0.2) is 0 Å². The summed E-state index contributed by atoms with van der Waals surface area (Å²) in [6, 6.07) is 29.0. The van der Waals surface area contributed by atoms with Crippen molar-refractivity contribution >= 4 is 43.6 Å². The number of aromatic nitrogens is 4. The molecule has 0 amide bonds. The molecule has 0 spiro atoms. The van der Waals surface area contributed by atoms with Gasteiger partial charge in [-0.3, -0.25) is 0 Å². The van der Waals surface area contributed by atoms with Gasteiger partial charge in [-0.05, 0) is 45.8 Å². The smallest absolute Gasteiger partial charge is 0.871 e. The molecule has 4 heterocycles. The summed E-state index contributed by atoms with van der Waals surface area (Å²) in [6.45, 7) is 0. The van der Waals surface area contributed by atoms with Gasteiger partial charge < -0.3 is 40.4 Å². The van der Waals surface area contributed by atoms with Crippen LogP contribution in [0.25, 0.3) is 66.4 Å². The van der Waals surface area contributed by atoms with Crippen LogP contribution in [0.5, 0.6) is 23.0 Å². The van der Waals surface area contributed by atoms with Crippen LogP contribution in [0.15, 0.2) is 97.1 Å². The van der Waals surface area contributed by atoms with Gasteiger partial charge in [-0.2, -0.15) is 0 Å². The van der Waals surface area contributed by atoms with Gasteiger partial charge in [-0.1, -0.05) is 95.8 Å². The SMILES string of the molecule is [K+].[K+].[K+].[K+].[O-]c1c(-c2[nH]c3ccccc3c2[O-])[nH]c2ccccc12.[O-]c1c(-c2[nH]c3ccccc3c2[O-])[nH]c2ccccc12. The first kappa shape index (κ1) is 39.2. The summed E-state index contributed by atoms with van der Waals surface area (Å²) < 4.78 is 0. The van der Waals surface area contributed by atoms with Crippen molar-refractivity contribution in [1.29, 1.82) is 0 Å². The predicted molar refractivity (Wildman–Crippen MR) is 149 cm³/mol. The first-order valence-corrected chi connectivity index (χ1v) is 12.6. The molecule has 0 radical (unpaired) electrons. The molecule has 4 aromatic carbocycles. The molecule has 4 aromatic heterocycles. The fraction of sp³-hybridized carbons (Fsp3) is 0. The Morgan fingerprint density at radius 1 is 0.295 bits per heavy atom. The maximum absolute atomic E-state index is 12.4. The molecular formula is C32H20K4N4O4. The van der Waals surface area contributed by atoms with Crippen molar-refractivity contribution in [2.75, 3.05) is 0 Å². The Bertz CT molecular complexity index is 1890. The average Bonchev–Trinajstić information content (AvgIpc) is 3.71. The molecule has 0 fully saturated rings. The molecule has 0 unspecified atom stereocenters. The third-order valence-corrected chi connectivity index (χ3v) is 7.13. The van der Waals surface area contributed by atoms with Crippen LogP contribution in [-0.4, -0.2) is 19.9 Å². The summed E-state index contributed by atoms with van der Waals surface area (Å²) in [5, 5.41) is 51.9. The second-order valence-corrected chi connectivity index (χ2v) is 9.50. The second kappa shape index (κ2) is 16.9. The monoisotopic (exact) mass is 680 g/mol. The molecule has 0 saturated heterocycles. The van der Waals surface area contributed by atoms with Crippen molar-refractivity contribution in [3.05, 3.63) is 97.1 Å². The average molecular weight is 681 g/mol. The largest absolute Gasteiger partial charge is 1.00 e. The molecule has 0 aliphatic heterocycles. The Morgan fingerprint density at radius 2 is 0.477 bits per heavy atom. The normalized spacial score (nSPS) is 10.4. The molecule has 0 bridgehead atoms. The molecule has 0 aliphatic carbocycles. The number of aromatic amines is 4. The Balaban J connectivity index is 0.000000220. The maximum Gasteiger partial charge on any atom is 1.00 e. The van der Waals surface area contributed by atoms with Crippen LogP contribution >= 0.6 is 0 Å². The summed E-state index contributed by atoms with van der Waals surface area (Å²) in [4.78, 5) is 12.2. The molecular weight excluding hydrogens is 661 g/mol. The number of benzene rings is 4. The third-order valence-electron chi connectivity index (χ3n) is 7.13. The minimum atomic E-state index is -0.149. The number of hydrogen-bond acceptors (Lipinski definition) is 4. The molecule has 0 atom stereocenters. The van der Waals surface area contributed by atoms with Crippen molar-refractivity contribution in [2.45, 2.75) is 0 Å². The van der Waals surface area contributed by atoms with E-state index in [0.717, 1.165) is 22.1 Å². The van der Waals surface area contributed by atoms with E-state index >= 15 is 0 Å². The molecule has 8 rings (SSSR count). The van der Waals surface area contributed by atoms with Crippen molar-refractivity contribution in [1.82, 2.24) is 19.9 Å². The standard InChI is InChI=1S/2C16H12N2O2.4K/c2*19-15-9-5-1-3-7-11(9)17-13(15)14-16(20)10-6-2-4-8-12(10)18-14;;;;/h2*1-8,17-20H;;;;/q;;4*+1/p-4. The number of rotatable bonds is 2. The van der Waals surface area contributed by atoms with Crippen molar-refractivity contribution in [2.24, 2.45) is 0 Å². The van der Waals surface area contributed by atoms with Gasteiger partial charge in [0.25, 0.3) is 0 Å². The van der Waals surface area contributed by atoms with Gasteiger partial charge in [0.05, 0.1) is 22.8 Å². The molecule has 4 N–H and O–H groups in total. The summed E-state index contributed by atoms with van der Waals surface area (Å²) >= 11 is 0. The zero-order valence-corrected chi connectivity index (χ0v) is 37.4. The van der Waals surface area contributed by atoms with E-state index in [1.807, 2.05) is 72.8 Å². The second-order valence-electron chi connectivity index (χ2n) is 9.50. The van der Waals surface area contributed by atoms with Gasteiger partial charge in [0, 0.05) is 22.1 Å². The van der Waals surface area contributed by atoms with E-state index in [4.69, 9.17) is 0 Å². The van der Waals surface area contributed by atoms with E-state index in [9.17, 15) is 20.4 Å². The summed E-state index contributed by atoms with van der Waals surface area (Å²) in [6.07, 6.45) is 0. The molecule has 0 saturated carbocycles. The van der Waals surface area contributed by atoms with E-state index in [0.29, 0.717) is 44.3 Å². The minimum absolute atomic E-state index is 0. The Hall–Kier alpha value is 0.785. The molecule has 8 nitrogen and oxygen atoms in total. The molecule has 8 aromatic rings. The number of fused-ring (bicyclic) bond motifs is 4. The van der Waals surface area contributed by atoms with Crippen molar-refractivity contribution < 1.29 is 226 Å². The molecule has 12 heteroatoms. The van der Waals surface area contributed by atoms with Crippen LogP contribution in [0.1, 0.15) is 0 Å². The zero-order chi connectivity index (χ0) is 27.4. The van der Waals surface area contributed by atoms with E-state index in [2.05, 4.69) is 19.9 Å². The fourth-order valence-electron chi connectivity index (χ4n) is 5.17. The topological polar surface area (TPSA) is 155 Å². The predicted octanol–water partition coefficient (Wildman–Crippen LogP) is -7.06. The Morgan fingerprint density at radius 3 is 0.659 bits per heavy atom. The Kier molecular flexibility index (Phi) is 15.1. The maximum atomic E-state index is 12.4. The van der Waals surface area contributed by atoms with Gasteiger partial charge in [-0.15, -0.1) is 0 Å². The number of para-hydroxylation sites is 4. The van der Waals surface area contributed by atoms with Gasteiger partial charge in [0.15, 0.2) is 0 Å². The Labute approximate surface area is 422 Å². The summed E-state index contributed by atoms with van der Waals surface area (Å²) in [5.74, 6) is -0.595. The van der Waals surface area contributed by atoms with Gasteiger partial charge in [0.1, 0.15) is 0 Å². The van der Waals surface area contributed by atoms with Crippen LogP contribution in [0, 0.1) is 0 Å². The molecule has 0 aliphatic rings. The number of H-pyrrole nitrogens is 4. The minimum Gasteiger partial charge on any atom is -0.871 e. The van der Waals surface area contributed by atoms with Crippen LogP contribution in [0.3, 0.4) is 0 Å². The molecule has 196 valence electrons. The molecule has 44 heavy (non-hydrogen) atoms. The zero-order valence-electron chi connectivity index (χ0n) is 24.9. The quantitative estimate of drug-likeness (QED) is 0.134. The van der Waals surface area contributed by atoms with Gasteiger partial charge >= 0.3 is 206 Å². The van der Waals surface area contributed by atoms with E-state index in [1.54, 1.807) is 24.3 Å². The van der Waals surface area contributed by atoms with E-state index in [1.165, 1.54) is 0 Å². The van der Waals surface area contributed by atoms with E-state index in [-0.39, 0.29) is 229 Å². The van der Waals surface area contributed by atoms with Gasteiger partial charge in [0.2, 0.25) is 0 Å². The number of nitrogens with one attached hydrogen (secondary N) is 4. The van der Waals surface area contributed by atoms with Crippen molar-refractivity contribution in [3.63, 3.8) is 0 Å². The van der Waals surface area contributed by atoms with Crippen LogP contribution in [-0.2, 0) is 0 Å². The third kappa shape index (κ3) is 7.35. The number of hydrogen-bond donors (Lipinski definition) is 4. The first-order valence-electron chi connectivity index (χ1n) is 12.6. The van der Waals surface area contributed by atoms with Crippen LogP contribution < -0.4 is 226 Å². The van der Waals surface area contributed by atoms with E-state index < -0.39 is 0 Å². The fourth-order valence-corrected chi connectivity index (χ4v) is 5.17. The van der Waals surface area contributed by atoms with Crippen molar-refractivity contribution in [3.8, 4) is 45.8 Å². The summed E-state index contributed by atoms with van der Waals surface area (Å²) in [7, 11) is 0. The van der Waals surface area contributed by atoms with Crippen LogP contribution in [0.2, 0.25) is 0 Å². The van der Waals surface area contributed by atoms with Crippen LogP contribution in [0.4, 0.5) is 0 Å². The summed E-state index contributed by atoms with van der Waals surface area (Å²) in [5.41, 5.74) is 4.27. The first-order chi connectivity index (χ1) is 19.5.